The third-order valence-corrected chi connectivity index (χ3v) is 5.94. The minimum absolute atomic E-state index is 0.0407. The van der Waals surface area contributed by atoms with Crippen molar-refractivity contribution in [1.82, 2.24) is 15.3 Å². The van der Waals surface area contributed by atoms with E-state index in [0.717, 1.165) is 30.9 Å². The first-order valence-electron chi connectivity index (χ1n) is 9.89. The summed E-state index contributed by atoms with van der Waals surface area (Å²) in [4.78, 5) is 25.0. The van der Waals surface area contributed by atoms with Gasteiger partial charge in [-0.15, -0.1) is 11.3 Å². The first-order valence-corrected chi connectivity index (χ1v) is 10.8. The van der Waals surface area contributed by atoms with Crippen molar-refractivity contribution < 1.29 is 4.79 Å². The summed E-state index contributed by atoms with van der Waals surface area (Å²) in [6.45, 7) is 4.17. The number of aromatic nitrogens is 2. The van der Waals surface area contributed by atoms with E-state index in [1.165, 1.54) is 10.4 Å². The number of hydrogen-bond donors (Lipinski definition) is 2. The highest BCUT2D eigenvalue weighted by Gasteiger charge is 2.27. The van der Waals surface area contributed by atoms with Crippen LogP contribution in [0, 0.1) is 12.8 Å². The van der Waals surface area contributed by atoms with Crippen molar-refractivity contribution in [2.45, 2.75) is 26.3 Å². The first kappa shape index (κ1) is 19.4. The Bertz CT molecular complexity index is 942. The van der Waals surface area contributed by atoms with Crippen LogP contribution in [0.15, 0.2) is 54.0 Å². The third kappa shape index (κ3) is 5.12. The lowest BCUT2D eigenvalue weighted by molar-refractivity contribution is -0.125. The van der Waals surface area contributed by atoms with Crippen molar-refractivity contribution in [2.75, 3.05) is 23.3 Å². The molecule has 150 valence electrons. The molecule has 0 spiro atoms. The molecule has 0 saturated carbocycles. The van der Waals surface area contributed by atoms with Gasteiger partial charge in [0.1, 0.15) is 5.82 Å². The van der Waals surface area contributed by atoms with E-state index in [2.05, 4.69) is 44.6 Å². The number of nitrogens with one attached hydrogen (secondary N) is 2. The van der Waals surface area contributed by atoms with Crippen LogP contribution in [0.5, 0.6) is 0 Å². The Labute approximate surface area is 175 Å². The molecule has 0 radical (unpaired) electrons. The zero-order valence-corrected chi connectivity index (χ0v) is 17.3. The molecule has 4 rings (SSSR count). The standard InChI is InChI=1S/C22H25N5OS/c1-16-6-8-18(9-7-16)25-20-10-11-23-22(26-20)27-12-2-4-17(15-27)21(28)24-14-19-5-3-13-29-19/h3,5-11,13,17H,2,4,12,14-15H2,1H3,(H,24,28)(H,23,25,26). The van der Waals surface area contributed by atoms with Crippen molar-refractivity contribution in [2.24, 2.45) is 5.92 Å². The zero-order valence-electron chi connectivity index (χ0n) is 16.5. The third-order valence-electron chi connectivity index (χ3n) is 5.06. The number of anilines is 3. The zero-order chi connectivity index (χ0) is 20.1. The summed E-state index contributed by atoms with van der Waals surface area (Å²) >= 11 is 1.66. The van der Waals surface area contributed by atoms with E-state index in [9.17, 15) is 4.79 Å². The van der Waals surface area contributed by atoms with Gasteiger partial charge in [0.2, 0.25) is 11.9 Å². The molecule has 29 heavy (non-hydrogen) atoms. The number of rotatable bonds is 6. The molecule has 3 aromatic rings. The number of piperidine rings is 1. The van der Waals surface area contributed by atoms with Crippen LogP contribution >= 0.6 is 11.3 Å². The van der Waals surface area contributed by atoms with Crippen LogP contribution in [0.1, 0.15) is 23.3 Å². The Morgan fingerprint density at radius 3 is 2.90 bits per heavy atom. The second kappa shape index (κ2) is 9.05. The molecule has 0 aliphatic carbocycles. The monoisotopic (exact) mass is 407 g/mol. The number of thiophene rings is 1. The highest BCUT2D eigenvalue weighted by atomic mass is 32.1. The van der Waals surface area contributed by atoms with Crippen molar-refractivity contribution in [3.63, 3.8) is 0 Å². The van der Waals surface area contributed by atoms with Crippen molar-refractivity contribution >= 4 is 34.7 Å². The average molecular weight is 408 g/mol. The highest BCUT2D eigenvalue weighted by Crippen LogP contribution is 2.23. The van der Waals surface area contributed by atoms with Gasteiger partial charge in [0.05, 0.1) is 12.5 Å². The van der Waals surface area contributed by atoms with Gasteiger partial charge in [0.25, 0.3) is 0 Å². The number of amides is 1. The van der Waals surface area contributed by atoms with Crippen LogP contribution in [0.2, 0.25) is 0 Å². The summed E-state index contributed by atoms with van der Waals surface area (Å²) in [7, 11) is 0. The predicted octanol–water partition coefficient (Wildman–Crippen LogP) is 4.12. The van der Waals surface area contributed by atoms with E-state index in [-0.39, 0.29) is 11.8 Å². The molecule has 1 saturated heterocycles. The lowest BCUT2D eigenvalue weighted by Gasteiger charge is -2.32. The fraction of sp³-hybridized carbons (Fsp3) is 0.318. The molecule has 1 amide bonds. The van der Waals surface area contributed by atoms with Gasteiger partial charge < -0.3 is 15.5 Å². The summed E-state index contributed by atoms with van der Waals surface area (Å²) in [6, 6.07) is 14.1. The Kier molecular flexibility index (Phi) is 6.05. The van der Waals surface area contributed by atoms with E-state index < -0.39 is 0 Å². The summed E-state index contributed by atoms with van der Waals surface area (Å²) in [5, 5.41) is 8.42. The fourth-order valence-electron chi connectivity index (χ4n) is 3.46. The molecule has 3 heterocycles. The van der Waals surface area contributed by atoms with Gasteiger partial charge in [-0.3, -0.25) is 4.79 Å². The number of aryl methyl sites for hydroxylation is 1. The molecule has 1 fully saturated rings. The van der Waals surface area contributed by atoms with Gasteiger partial charge in [-0.2, -0.15) is 4.98 Å². The van der Waals surface area contributed by atoms with Gasteiger partial charge in [-0.05, 0) is 49.4 Å². The fourth-order valence-corrected chi connectivity index (χ4v) is 4.10. The smallest absolute Gasteiger partial charge is 0.227 e. The molecular weight excluding hydrogens is 382 g/mol. The molecule has 7 heteroatoms. The molecule has 0 bridgehead atoms. The molecule has 6 nitrogen and oxygen atoms in total. The summed E-state index contributed by atoms with van der Waals surface area (Å²) in [5.41, 5.74) is 2.21. The summed E-state index contributed by atoms with van der Waals surface area (Å²) in [6.07, 6.45) is 3.61. The number of hydrogen-bond acceptors (Lipinski definition) is 6. The SMILES string of the molecule is Cc1ccc(Nc2ccnc(N3CCCC(C(=O)NCc4cccs4)C3)n2)cc1. The maximum absolute atomic E-state index is 12.6. The van der Waals surface area contributed by atoms with Crippen LogP contribution in [0.3, 0.4) is 0 Å². The quantitative estimate of drug-likeness (QED) is 0.643. The Hall–Kier alpha value is -2.93. The summed E-state index contributed by atoms with van der Waals surface area (Å²) in [5.74, 6) is 1.49. The number of nitrogens with zero attached hydrogens (tertiary/aromatic N) is 3. The highest BCUT2D eigenvalue weighted by molar-refractivity contribution is 7.09. The molecule has 2 N–H and O–H groups in total. The predicted molar refractivity (Wildman–Crippen MR) is 118 cm³/mol. The van der Waals surface area contributed by atoms with Gasteiger partial charge in [0.15, 0.2) is 0 Å². The van der Waals surface area contributed by atoms with Gasteiger partial charge in [-0.25, -0.2) is 4.98 Å². The maximum atomic E-state index is 12.6. The Morgan fingerprint density at radius 1 is 1.24 bits per heavy atom. The maximum Gasteiger partial charge on any atom is 0.227 e. The normalized spacial score (nSPS) is 16.4. The second-order valence-electron chi connectivity index (χ2n) is 7.32. The van der Waals surface area contributed by atoms with E-state index >= 15 is 0 Å². The van der Waals surface area contributed by atoms with E-state index in [4.69, 9.17) is 0 Å². The number of carbonyl (C=O) groups excluding carboxylic acids is 1. The van der Waals surface area contributed by atoms with Gasteiger partial charge in [-0.1, -0.05) is 23.8 Å². The lowest BCUT2D eigenvalue weighted by Crippen LogP contribution is -2.43. The largest absolute Gasteiger partial charge is 0.351 e. The van der Waals surface area contributed by atoms with Crippen LogP contribution in [-0.2, 0) is 11.3 Å². The van der Waals surface area contributed by atoms with Crippen molar-refractivity contribution in [3.8, 4) is 0 Å². The van der Waals surface area contributed by atoms with Crippen LogP contribution in [-0.4, -0.2) is 29.0 Å². The van der Waals surface area contributed by atoms with E-state index in [1.807, 2.05) is 35.7 Å². The molecular formula is C22H25N5OS. The Balaban J connectivity index is 1.38. The molecule has 1 unspecified atom stereocenters. The average Bonchev–Trinajstić information content (AvgIpc) is 3.28. The van der Waals surface area contributed by atoms with Crippen LogP contribution in [0.25, 0.3) is 0 Å². The first-order chi connectivity index (χ1) is 14.2. The number of benzene rings is 1. The van der Waals surface area contributed by atoms with Crippen LogP contribution < -0.4 is 15.5 Å². The van der Waals surface area contributed by atoms with Crippen molar-refractivity contribution in [1.29, 1.82) is 0 Å². The molecule has 2 aromatic heterocycles. The topological polar surface area (TPSA) is 70.2 Å². The molecule has 1 atom stereocenters. The van der Waals surface area contributed by atoms with E-state index in [1.54, 1.807) is 17.5 Å². The minimum atomic E-state index is -0.0407. The van der Waals surface area contributed by atoms with Crippen molar-refractivity contribution in [3.05, 3.63) is 64.5 Å². The van der Waals surface area contributed by atoms with E-state index in [0.29, 0.717) is 19.0 Å². The van der Waals surface area contributed by atoms with Gasteiger partial charge >= 0.3 is 0 Å². The molecule has 1 aliphatic heterocycles. The minimum Gasteiger partial charge on any atom is -0.351 e. The Morgan fingerprint density at radius 2 is 2.10 bits per heavy atom. The summed E-state index contributed by atoms with van der Waals surface area (Å²) < 4.78 is 0. The second-order valence-corrected chi connectivity index (χ2v) is 8.35. The van der Waals surface area contributed by atoms with Crippen LogP contribution in [0.4, 0.5) is 17.5 Å². The molecule has 1 aromatic carbocycles. The number of carbonyl (C=O) groups is 1. The molecule has 1 aliphatic rings. The lowest BCUT2D eigenvalue weighted by atomic mass is 9.97. The van der Waals surface area contributed by atoms with Gasteiger partial charge in [0, 0.05) is 29.9 Å².